The third kappa shape index (κ3) is 3.76. The molecule has 1 aliphatic carbocycles. The highest BCUT2D eigenvalue weighted by molar-refractivity contribution is 7.89. The van der Waals surface area contributed by atoms with Gasteiger partial charge in [-0.1, -0.05) is 0 Å². The van der Waals surface area contributed by atoms with Crippen molar-refractivity contribution >= 4 is 16.0 Å². The topological polar surface area (TPSA) is 108 Å². The predicted molar refractivity (Wildman–Crippen MR) is 80.2 cm³/mol. The maximum Gasteiger partial charge on any atom is 0.341 e. The molecule has 1 aliphatic rings. The smallest absolute Gasteiger partial charge is 0.341 e. The van der Waals surface area contributed by atoms with Gasteiger partial charge < -0.3 is 15.2 Å². The standard InChI is InChI=1S/C14H20N2O5S/c1-20-13-6-5-10(7-11(13)14(17)21-2)22(18,19)16-8-12(15)9-3-4-9/h5-7,9,12,16H,3-4,8,15H2,1-2H3. The van der Waals surface area contributed by atoms with Crippen molar-refractivity contribution in [2.45, 2.75) is 23.8 Å². The molecule has 0 amide bonds. The number of methoxy groups -OCH3 is 2. The van der Waals surface area contributed by atoms with Gasteiger partial charge in [0.1, 0.15) is 11.3 Å². The Morgan fingerprint density at radius 3 is 2.64 bits per heavy atom. The van der Waals surface area contributed by atoms with E-state index in [1.165, 1.54) is 32.4 Å². The summed E-state index contributed by atoms with van der Waals surface area (Å²) in [6, 6.07) is 3.83. The van der Waals surface area contributed by atoms with Crippen molar-refractivity contribution in [2.75, 3.05) is 20.8 Å². The Labute approximate surface area is 129 Å². The van der Waals surface area contributed by atoms with E-state index in [1.807, 2.05) is 0 Å². The molecule has 0 saturated heterocycles. The van der Waals surface area contributed by atoms with Crippen LogP contribution in [0.2, 0.25) is 0 Å². The molecule has 8 heteroatoms. The first-order valence-electron chi connectivity index (χ1n) is 6.90. The Balaban J connectivity index is 2.20. The minimum absolute atomic E-state index is 0.0308. The highest BCUT2D eigenvalue weighted by Crippen LogP contribution is 2.31. The maximum absolute atomic E-state index is 12.3. The van der Waals surface area contributed by atoms with E-state index < -0.39 is 16.0 Å². The van der Waals surface area contributed by atoms with Crippen LogP contribution >= 0.6 is 0 Å². The summed E-state index contributed by atoms with van der Waals surface area (Å²) in [5.41, 5.74) is 5.94. The van der Waals surface area contributed by atoms with Crippen molar-refractivity contribution in [2.24, 2.45) is 11.7 Å². The van der Waals surface area contributed by atoms with Gasteiger partial charge in [0.25, 0.3) is 0 Å². The summed E-state index contributed by atoms with van der Waals surface area (Å²) in [5, 5.41) is 0. The lowest BCUT2D eigenvalue weighted by Gasteiger charge is -2.13. The summed E-state index contributed by atoms with van der Waals surface area (Å²) < 4.78 is 36.7. The number of hydrogen-bond donors (Lipinski definition) is 2. The van der Waals surface area contributed by atoms with Gasteiger partial charge in [-0.25, -0.2) is 17.9 Å². The van der Waals surface area contributed by atoms with Crippen molar-refractivity contribution in [3.05, 3.63) is 23.8 Å². The van der Waals surface area contributed by atoms with Gasteiger partial charge in [0.2, 0.25) is 10.0 Å². The number of ether oxygens (including phenoxy) is 2. The molecule has 0 spiro atoms. The first-order chi connectivity index (χ1) is 10.4. The van der Waals surface area contributed by atoms with E-state index in [-0.39, 0.29) is 28.8 Å². The average Bonchev–Trinajstić information content (AvgIpc) is 3.36. The summed E-state index contributed by atoms with van der Waals surface area (Å²) in [5.74, 6) is -0.0201. The Bertz CT molecular complexity index is 655. The largest absolute Gasteiger partial charge is 0.496 e. The fourth-order valence-corrected chi connectivity index (χ4v) is 3.20. The lowest BCUT2D eigenvalue weighted by atomic mass is 10.2. The minimum Gasteiger partial charge on any atom is -0.496 e. The van der Waals surface area contributed by atoms with Crippen molar-refractivity contribution in [3.63, 3.8) is 0 Å². The van der Waals surface area contributed by atoms with Crippen LogP contribution in [0, 0.1) is 5.92 Å². The molecule has 1 saturated carbocycles. The molecule has 1 fully saturated rings. The lowest BCUT2D eigenvalue weighted by molar-refractivity contribution is 0.0597. The molecule has 2 rings (SSSR count). The summed E-state index contributed by atoms with van der Waals surface area (Å²) in [6.45, 7) is 0.173. The van der Waals surface area contributed by atoms with E-state index in [2.05, 4.69) is 9.46 Å². The number of rotatable bonds is 7. The van der Waals surface area contributed by atoms with Crippen molar-refractivity contribution in [3.8, 4) is 5.75 Å². The Morgan fingerprint density at radius 2 is 2.09 bits per heavy atom. The quantitative estimate of drug-likeness (QED) is 0.706. The SMILES string of the molecule is COC(=O)c1cc(S(=O)(=O)NCC(N)C2CC2)ccc1OC. The first kappa shape index (κ1) is 16.7. The van der Waals surface area contributed by atoms with Gasteiger partial charge in [-0.15, -0.1) is 0 Å². The van der Waals surface area contributed by atoms with Crippen molar-refractivity contribution < 1.29 is 22.7 Å². The lowest BCUT2D eigenvalue weighted by Crippen LogP contribution is -2.38. The molecule has 1 aromatic rings. The van der Waals surface area contributed by atoms with Crippen LogP contribution in [-0.2, 0) is 14.8 Å². The molecule has 1 atom stereocenters. The molecular formula is C14H20N2O5S. The van der Waals surface area contributed by atoms with Crippen LogP contribution in [0.3, 0.4) is 0 Å². The summed E-state index contributed by atoms with van der Waals surface area (Å²) in [6.07, 6.45) is 2.08. The van der Waals surface area contributed by atoms with E-state index >= 15 is 0 Å². The maximum atomic E-state index is 12.3. The van der Waals surface area contributed by atoms with Gasteiger partial charge >= 0.3 is 5.97 Å². The second-order valence-electron chi connectivity index (χ2n) is 5.21. The van der Waals surface area contributed by atoms with Gasteiger partial charge in [-0.05, 0) is 37.0 Å². The van der Waals surface area contributed by atoms with Gasteiger partial charge in [0, 0.05) is 12.6 Å². The Morgan fingerprint density at radius 1 is 1.41 bits per heavy atom. The fraction of sp³-hybridized carbons (Fsp3) is 0.500. The fourth-order valence-electron chi connectivity index (χ4n) is 2.10. The molecule has 0 heterocycles. The predicted octanol–water partition coefficient (Wildman–Crippen LogP) is 0.497. The Hall–Kier alpha value is -1.64. The van der Waals surface area contributed by atoms with Crippen LogP contribution in [0.15, 0.2) is 23.1 Å². The molecule has 0 aromatic heterocycles. The van der Waals surface area contributed by atoms with E-state index in [4.69, 9.17) is 10.5 Å². The molecule has 1 aromatic carbocycles. The number of hydrogen-bond acceptors (Lipinski definition) is 6. The van der Waals surface area contributed by atoms with E-state index in [0.717, 1.165) is 12.8 Å². The minimum atomic E-state index is -3.74. The zero-order valence-electron chi connectivity index (χ0n) is 12.5. The molecule has 0 radical (unpaired) electrons. The highest BCUT2D eigenvalue weighted by Gasteiger charge is 2.29. The van der Waals surface area contributed by atoms with Crippen molar-refractivity contribution in [1.82, 2.24) is 4.72 Å². The molecule has 3 N–H and O–H groups in total. The third-order valence-electron chi connectivity index (χ3n) is 3.62. The van der Waals surface area contributed by atoms with E-state index in [9.17, 15) is 13.2 Å². The zero-order chi connectivity index (χ0) is 16.3. The van der Waals surface area contributed by atoms with Crippen molar-refractivity contribution in [1.29, 1.82) is 0 Å². The molecule has 1 unspecified atom stereocenters. The number of carbonyl (C=O) groups excluding carboxylic acids is 1. The number of esters is 1. The van der Waals surface area contributed by atoms with Crippen LogP contribution < -0.4 is 15.2 Å². The monoisotopic (exact) mass is 328 g/mol. The van der Waals surface area contributed by atoms with Gasteiger partial charge in [-0.3, -0.25) is 0 Å². The second-order valence-corrected chi connectivity index (χ2v) is 6.97. The third-order valence-corrected chi connectivity index (χ3v) is 5.04. The normalized spacial score (nSPS) is 16.1. The zero-order valence-corrected chi connectivity index (χ0v) is 13.4. The molecular weight excluding hydrogens is 308 g/mol. The van der Waals surface area contributed by atoms with Gasteiger partial charge in [-0.2, -0.15) is 0 Å². The molecule has 0 aliphatic heterocycles. The van der Waals surface area contributed by atoms with Gasteiger partial charge in [0.15, 0.2) is 0 Å². The molecule has 22 heavy (non-hydrogen) atoms. The van der Waals surface area contributed by atoms with Crippen LogP contribution in [-0.4, -0.2) is 41.2 Å². The number of benzene rings is 1. The number of nitrogens with one attached hydrogen (secondary N) is 1. The second kappa shape index (κ2) is 6.64. The Kier molecular flexibility index (Phi) is 5.05. The summed E-state index contributed by atoms with van der Waals surface area (Å²) >= 11 is 0. The summed E-state index contributed by atoms with van der Waals surface area (Å²) in [4.78, 5) is 11.7. The average molecular weight is 328 g/mol. The van der Waals surface area contributed by atoms with Crippen LogP contribution in [0.4, 0.5) is 0 Å². The van der Waals surface area contributed by atoms with Crippen LogP contribution in [0.5, 0.6) is 5.75 Å². The van der Waals surface area contributed by atoms with Crippen LogP contribution in [0.1, 0.15) is 23.2 Å². The highest BCUT2D eigenvalue weighted by atomic mass is 32.2. The number of sulfonamides is 1. The van der Waals surface area contributed by atoms with Gasteiger partial charge in [0.05, 0.1) is 19.1 Å². The molecule has 0 bridgehead atoms. The van der Waals surface area contributed by atoms with Crippen LogP contribution in [0.25, 0.3) is 0 Å². The summed E-state index contributed by atoms with van der Waals surface area (Å²) in [7, 11) is -1.13. The molecule has 7 nitrogen and oxygen atoms in total. The number of carbonyl (C=O) groups is 1. The van der Waals surface area contributed by atoms with E-state index in [0.29, 0.717) is 5.92 Å². The number of nitrogens with two attached hydrogens (primary N) is 1. The first-order valence-corrected chi connectivity index (χ1v) is 8.39. The molecule has 122 valence electrons. The van der Waals surface area contributed by atoms with E-state index in [1.54, 1.807) is 0 Å².